The molecule has 1 atom stereocenters. The second-order valence-electron chi connectivity index (χ2n) is 4.57. The van der Waals surface area contributed by atoms with Gasteiger partial charge in [0.2, 0.25) is 0 Å². The first-order valence-electron chi connectivity index (χ1n) is 6.50. The average molecular weight is 294 g/mol. The van der Waals surface area contributed by atoms with E-state index >= 15 is 0 Å². The van der Waals surface area contributed by atoms with Crippen LogP contribution in [-0.4, -0.2) is 30.8 Å². The summed E-state index contributed by atoms with van der Waals surface area (Å²) in [6.45, 7) is 0.600. The van der Waals surface area contributed by atoms with Crippen molar-refractivity contribution in [2.45, 2.75) is 24.7 Å². The van der Waals surface area contributed by atoms with Crippen molar-refractivity contribution in [3.63, 3.8) is 0 Å². The van der Waals surface area contributed by atoms with Gasteiger partial charge in [0.25, 0.3) is 11.8 Å². The SMILES string of the molecule is CSCc1ccc(C(=O)NNC(=O)C2CCCO2)cc1. The predicted molar refractivity (Wildman–Crippen MR) is 78.2 cm³/mol. The number of carbonyl (C=O) groups excluding carboxylic acids is 2. The maximum atomic E-state index is 11.9. The lowest BCUT2D eigenvalue weighted by molar-refractivity contribution is -0.130. The van der Waals surface area contributed by atoms with Crippen molar-refractivity contribution in [2.24, 2.45) is 0 Å². The molecule has 0 saturated carbocycles. The Morgan fingerprint density at radius 1 is 1.30 bits per heavy atom. The summed E-state index contributed by atoms with van der Waals surface area (Å²) >= 11 is 1.73. The molecule has 1 unspecified atom stereocenters. The Balaban J connectivity index is 1.83. The third-order valence-electron chi connectivity index (χ3n) is 3.05. The van der Waals surface area contributed by atoms with E-state index in [-0.39, 0.29) is 11.8 Å². The molecule has 1 aliphatic rings. The van der Waals surface area contributed by atoms with E-state index in [9.17, 15) is 9.59 Å². The number of benzene rings is 1. The molecule has 5 nitrogen and oxygen atoms in total. The third-order valence-corrected chi connectivity index (χ3v) is 3.67. The fourth-order valence-electron chi connectivity index (χ4n) is 1.97. The van der Waals surface area contributed by atoms with E-state index < -0.39 is 6.10 Å². The summed E-state index contributed by atoms with van der Waals surface area (Å²) in [5, 5.41) is 0. The zero-order valence-electron chi connectivity index (χ0n) is 11.3. The van der Waals surface area contributed by atoms with Gasteiger partial charge in [-0.15, -0.1) is 0 Å². The quantitative estimate of drug-likeness (QED) is 0.826. The normalized spacial score (nSPS) is 17.8. The maximum Gasteiger partial charge on any atom is 0.269 e. The topological polar surface area (TPSA) is 67.4 Å². The Labute approximate surface area is 122 Å². The van der Waals surface area contributed by atoms with Crippen LogP contribution in [0.3, 0.4) is 0 Å². The number of ether oxygens (including phenoxy) is 1. The number of rotatable bonds is 4. The highest BCUT2D eigenvalue weighted by Crippen LogP contribution is 2.12. The summed E-state index contributed by atoms with van der Waals surface area (Å²) in [6.07, 6.45) is 3.16. The molecular formula is C14H18N2O3S. The molecule has 1 aliphatic heterocycles. The fourth-order valence-corrected chi connectivity index (χ4v) is 2.50. The third kappa shape index (κ3) is 3.98. The van der Waals surface area contributed by atoms with Crippen LogP contribution >= 0.6 is 11.8 Å². The lowest BCUT2D eigenvalue weighted by atomic mass is 10.1. The predicted octanol–water partition coefficient (Wildman–Crippen LogP) is 1.49. The van der Waals surface area contributed by atoms with Gasteiger partial charge in [0.1, 0.15) is 6.10 Å². The van der Waals surface area contributed by atoms with Crippen LogP contribution in [-0.2, 0) is 15.3 Å². The van der Waals surface area contributed by atoms with E-state index in [0.717, 1.165) is 17.7 Å². The molecule has 0 spiro atoms. The largest absolute Gasteiger partial charge is 0.368 e. The zero-order valence-corrected chi connectivity index (χ0v) is 12.2. The number of hydrogen-bond acceptors (Lipinski definition) is 4. The number of hydrogen-bond donors (Lipinski definition) is 2. The van der Waals surface area contributed by atoms with Crippen molar-refractivity contribution >= 4 is 23.6 Å². The highest BCUT2D eigenvalue weighted by molar-refractivity contribution is 7.97. The van der Waals surface area contributed by atoms with Gasteiger partial charge in [-0.1, -0.05) is 12.1 Å². The Morgan fingerprint density at radius 2 is 2.05 bits per heavy atom. The summed E-state index contributed by atoms with van der Waals surface area (Å²) in [7, 11) is 0. The summed E-state index contributed by atoms with van der Waals surface area (Å²) in [5.41, 5.74) is 6.48. The van der Waals surface area contributed by atoms with Crippen molar-refractivity contribution in [2.75, 3.05) is 12.9 Å². The minimum absolute atomic E-state index is 0.296. The summed E-state index contributed by atoms with van der Waals surface area (Å²) in [4.78, 5) is 23.5. The van der Waals surface area contributed by atoms with Gasteiger partial charge in [0, 0.05) is 17.9 Å². The molecular weight excluding hydrogens is 276 g/mol. The number of nitrogens with one attached hydrogen (secondary N) is 2. The standard InChI is InChI=1S/C14H18N2O3S/c1-20-9-10-4-6-11(7-5-10)13(17)15-16-14(18)12-3-2-8-19-12/h4-7,12H,2-3,8-9H2,1H3,(H,15,17)(H,16,18). The van der Waals surface area contributed by atoms with Crippen molar-refractivity contribution in [3.05, 3.63) is 35.4 Å². The highest BCUT2D eigenvalue weighted by Gasteiger charge is 2.23. The van der Waals surface area contributed by atoms with Gasteiger partial charge in [-0.3, -0.25) is 20.4 Å². The van der Waals surface area contributed by atoms with E-state index in [1.165, 1.54) is 0 Å². The lowest BCUT2D eigenvalue weighted by Crippen LogP contribution is -2.46. The first-order chi connectivity index (χ1) is 9.70. The second-order valence-corrected chi connectivity index (χ2v) is 5.44. The van der Waals surface area contributed by atoms with Crippen LogP contribution in [0.1, 0.15) is 28.8 Å². The maximum absolute atomic E-state index is 11.9. The van der Waals surface area contributed by atoms with Crippen LogP contribution in [0.15, 0.2) is 24.3 Å². The van der Waals surface area contributed by atoms with E-state index in [1.54, 1.807) is 23.9 Å². The van der Waals surface area contributed by atoms with Gasteiger partial charge >= 0.3 is 0 Å². The number of hydrazine groups is 1. The minimum Gasteiger partial charge on any atom is -0.368 e. The van der Waals surface area contributed by atoms with Crippen LogP contribution in [0.2, 0.25) is 0 Å². The van der Waals surface area contributed by atoms with Crippen molar-refractivity contribution in [1.29, 1.82) is 0 Å². The van der Waals surface area contributed by atoms with E-state index in [0.29, 0.717) is 18.6 Å². The molecule has 0 radical (unpaired) electrons. The van der Waals surface area contributed by atoms with Crippen LogP contribution in [0, 0.1) is 0 Å². The molecule has 0 bridgehead atoms. The monoisotopic (exact) mass is 294 g/mol. The Hall–Kier alpha value is -1.53. The van der Waals surface area contributed by atoms with Crippen LogP contribution in [0.5, 0.6) is 0 Å². The molecule has 1 saturated heterocycles. The summed E-state index contributed by atoms with van der Waals surface area (Å²) in [6, 6.07) is 7.32. The summed E-state index contributed by atoms with van der Waals surface area (Å²) < 4.78 is 5.23. The van der Waals surface area contributed by atoms with Crippen molar-refractivity contribution in [1.82, 2.24) is 10.9 Å². The molecule has 2 amide bonds. The Morgan fingerprint density at radius 3 is 2.65 bits per heavy atom. The van der Waals surface area contributed by atoms with Gasteiger partial charge in [-0.05, 0) is 36.8 Å². The molecule has 1 heterocycles. The number of thioether (sulfide) groups is 1. The Bertz CT molecular complexity index is 470. The van der Waals surface area contributed by atoms with Crippen molar-refractivity contribution in [3.8, 4) is 0 Å². The average Bonchev–Trinajstić information content (AvgIpc) is 3.00. The molecule has 108 valence electrons. The molecule has 6 heteroatoms. The van der Waals surface area contributed by atoms with E-state index in [1.807, 2.05) is 18.4 Å². The van der Waals surface area contributed by atoms with Crippen LogP contribution in [0.4, 0.5) is 0 Å². The molecule has 1 aromatic rings. The fraction of sp³-hybridized carbons (Fsp3) is 0.429. The zero-order chi connectivity index (χ0) is 14.4. The molecule has 2 rings (SSSR count). The van der Waals surface area contributed by atoms with Gasteiger partial charge in [-0.25, -0.2) is 0 Å². The van der Waals surface area contributed by atoms with Crippen molar-refractivity contribution < 1.29 is 14.3 Å². The lowest BCUT2D eigenvalue weighted by Gasteiger charge is -2.11. The first kappa shape index (κ1) is 14.9. The Kier molecular flexibility index (Phi) is 5.43. The smallest absolute Gasteiger partial charge is 0.269 e. The van der Waals surface area contributed by atoms with Crippen LogP contribution in [0.25, 0.3) is 0 Å². The van der Waals surface area contributed by atoms with E-state index in [4.69, 9.17) is 4.74 Å². The van der Waals surface area contributed by atoms with Gasteiger partial charge < -0.3 is 4.74 Å². The molecule has 0 aromatic heterocycles. The molecule has 2 N–H and O–H groups in total. The van der Waals surface area contributed by atoms with Gasteiger partial charge in [-0.2, -0.15) is 11.8 Å². The molecule has 0 aliphatic carbocycles. The van der Waals surface area contributed by atoms with Gasteiger partial charge in [0.05, 0.1) is 0 Å². The highest BCUT2D eigenvalue weighted by atomic mass is 32.2. The summed E-state index contributed by atoms with van der Waals surface area (Å²) in [5.74, 6) is 0.291. The van der Waals surface area contributed by atoms with Crippen LogP contribution < -0.4 is 10.9 Å². The number of amides is 2. The van der Waals surface area contributed by atoms with Gasteiger partial charge in [0.15, 0.2) is 0 Å². The molecule has 20 heavy (non-hydrogen) atoms. The molecule has 1 fully saturated rings. The molecule has 1 aromatic carbocycles. The van der Waals surface area contributed by atoms with E-state index in [2.05, 4.69) is 10.9 Å². The minimum atomic E-state index is -0.445. The first-order valence-corrected chi connectivity index (χ1v) is 7.90. The number of carbonyl (C=O) groups is 2. The second kappa shape index (κ2) is 7.31.